The molecule has 0 bridgehead atoms. The highest BCUT2D eigenvalue weighted by atomic mass is 32.1. The molecule has 0 aliphatic heterocycles. The Morgan fingerprint density at radius 3 is 2.71 bits per heavy atom. The Hall–Kier alpha value is -1.65. The first-order valence-corrected chi connectivity index (χ1v) is 8.08. The second kappa shape index (κ2) is 7.38. The number of rotatable bonds is 7. The molecular formula is C17H21NO2S. The maximum atomic E-state index is 11.8. The van der Waals surface area contributed by atoms with E-state index >= 15 is 0 Å². The molecule has 1 aromatic carbocycles. The van der Waals surface area contributed by atoms with Gasteiger partial charge in [0.25, 0.3) is 0 Å². The zero-order chi connectivity index (χ0) is 15.1. The van der Waals surface area contributed by atoms with Crippen molar-refractivity contribution in [1.82, 2.24) is 5.32 Å². The molecule has 2 rings (SSSR count). The molecule has 0 radical (unpaired) electrons. The Morgan fingerprint density at radius 2 is 2.05 bits per heavy atom. The van der Waals surface area contributed by atoms with Gasteiger partial charge in [0.15, 0.2) is 0 Å². The molecular weight excluding hydrogens is 282 g/mol. The third-order valence-electron chi connectivity index (χ3n) is 3.48. The molecule has 0 saturated heterocycles. The highest BCUT2D eigenvalue weighted by molar-refractivity contribution is 7.08. The molecule has 1 heterocycles. The van der Waals surface area contributed by atoms with Crippen LogP contribution in [0.4, 0.5) is 0 Å². The van der Waals surface area contributed by atoms with Crippen LogP contribution in [0.2, 0.25) is 0 Å². The fourth-order valence-electron chi connectivity index (χ4n) is 2.13. The van der Waals surface area contributed by atoms with E-state index in [0.29, 0.717) is 6.42 Å². The molecule has 112 valence electrons. The highest BCUT2D eigenvalue weighted by Gasteiger charge is 2.23. The van der Waals surface area contributed by atoms with Crippen molar-refractivity contribution in [3.63, 3.8) is 0 Å². The van der Waals surface area contributed by atoms with Crippen LogP contribution in [-0.4, -0.2) is 17.6 Å². The number of aryl methyl sites for hydroxylation is 1. The van der Waals surface area contributed by atoms with Crippen molar-refractivity contribution in [2.75, 3.05) is 6.54 Å². The van der Waals surface area contributed by atoms with Crippen molar-refractivity contribution in [2.24, 2.45) is 0 Å². The van der Waals surface area contributed by atoms with E-state index in [1.165, 1.54) is 16.9 Å². The van der Waals surface area contributed by atoms with Crippen LogP contribution in [0, 0.1) is 0 Å². The number of hydrogen-bond acceptors (Lipinski definition) is 3. The SMILES string of the molecule is CC(O)(CNC(=O)CCCc1ccccc1)c1ccsc1. The summed E-state index contributed by atoms with van der Waals surface area (Å²) in [4.78, 5) is 11.8. The number of amides is 1. The molecule has 1 atom stereocenters. The van der Waals surface area contributed by atoms with E-state index in [4.69, 9.17) is 0 Å². The first-order chi connectivity index (χ1) is 10.1. The Morgan fingerprint density at radius 1 is 1.29 bits per heavy atom. The van der Waals surface area contributed by atoms with Gasteiger partial charge in [-0.3, -0.25) is 4.79 Å². The van der Waals surface area contributed by atoms with Crippen molar-refractivity contribution < 1.29 is 9.90 Å². The van der Waals surface area contributed by atoms with E-state index in [1.807, 2.05) is 35.0 Å². The fraction of sp³-hybridized carbons (Fsp3) is 0.353. The van der Waals surface area contributed by atoms with E-state index in [2.05, 4.69) is 17.4 Å². The minimum absolute atomic E-state index is 0.0126. The quantitative estimate of drug-likeness (QED) is 0.826. The van der Waals surface area contributed by atoms with Crippen LogP contribution >= 0.6 is 11.3 Å². The molecule has 0 fully saturated rings. The van der Waals surface area contributed by atoms with Gasteiger partial charge in [0, 0.05) is 6.42 Å². The molecule has 21 heavy (non-hydrogen) atoms. The summed E-state index contributed by atoms with van der Waals surface area (Å²) in [5, 5.41) is 17.0. The molecule has 4 heteroatoms. The molecule has 2 aromatic rings. The predicted octanol–water partition coefficient (Wildman–Crippen LogP) is 3.09. The molecule has 0 aliphatic carbocycles. The topological polar surface area (TPSA) is 49.3 Å². The Bertz CT molecular complexity index is 549. The van der Waals surface area contributed by atoms with Crippen molar-refractivity contribution in [3.8, 4) is 0 Å². The van der Waals surface area contributed by atoms with Gasteiger partial charge in [-0.15, -0.1) is 0 Å². The maximum Gasteiger partial charge on any atom is 0.220 e. The number of thiophene rings is 1. The molecule has 1 unspecified atom stereocenters. The molecule has 0 spiro atoms. The highest BCUT2D eigenvalue weighted by Crippen LogP contribution is 2.22. The van der Waals surface area contributed by atoms with Crippen molar-refractivity contribution >= 4 is 17.2 Å². The summed E-state index contributed by atoms with van der Waals surface area (Å²) in [5.74, 6) is -0.0126. The van der Waals surface area contributed by atoms with Crippen molar-refractivity contribution in [2.45, 2.75) is 31.8 Å². The van der Waals surface area contributed by atoms with Gasteiger partial charge < -0.3 is 10.4 Å². The standard InChI is InChI=1S/C17H21NO2S/c1-17(20,15-10-11-21-12-15)13-18-16(19)9-5-8-14-6-3-2-4-7-14/h2-4,6-7,10-12,20H,5,8-9,13H2,1H3,(H,18,19). The lowest BCUT2D eigenvalue weighted by molar-refractivity contribution is -0.122. The average Bonchev–Trinajstić information content (AvgIpc) is 3.01. The number of benzene rings is 1. The summed E-state index contributed by atoms with van der Waals surface area (Å²) in [5.41, 5.74) is 1.09. The van der Waals surface area contributed by atoms with Crippen molar-refractivity contribution in [3.05, 3.63) is 58.3 Å². The predicted molar refractivity (Wildman–Crippen MR) is 86.3 cm³/mol. The van der Waals surface area contributed by atoms with E-state index in [1.54, 1.807) is 6.92 Å². The van der Waals surface area contributed by atoms with Gasteiger partial charge in [-0.25, -0.2) is 0 Å². The van der Waals surface area contributed by atoms with Crippen molar-refractivity contribution in [1.29, 1.82) is 0 Å². The lowest BCUT2D eigenvalue weighted by Crippen LogP contribution is -2.38. The lowest BCUT2D eigenvalue weighted by Gasteiger charge is -2.22. The minimum atomic E-state index is -1.00. The number of aliphatic hydroxyl groups is 1. The average molecular weight is 303 g/mol. The van der Waals surface area contributed by atoms with Gasteiger partial charge in [0.2, 0.25) is 5.91 Å². The van der Waals surface area contributed by atoms with Gasteiger partial charge in [-0.05, 0) is 47.7 Å². The van der Waals surface area contributed by atoms with Crippen LogP contribution in [0.25, 0.3) is 0 Å². The van der Waals surface area contributed by atoms with Crippen LogP contribution < -0.4 is 5.32 Å². The summed E-state index contributed by atoms with van der Waals surface area (Å²) in [7, 11) is 0. The first-order valence-electron chi connectivity index (χ1n) is 7.13. The van der Waals surface area contributed by atoms with Crippen LogP contribution in [-0.2, 0) is 16.8 Å². The second-order valence-corrected chi connectivity index (χ2v) is 6.18. The maximum absolute atomic E-state index is 11.8. The number of nitrogens with one attached hydrogen (secondary N) is 1. The van der Waals surface area contributed by atoms with Crippen LogP contribution in [0.5, 0.6) is 0 Å². The minimum Gasteiger partial charge on any atom is -0.384 e. The van der Waals surface area contributed by atoms with Gasteiger partial charge >= 0.3 is 0 Å². The van der Waals surface area contributed by atoms with Gasteiger partial charge in [-0.1, -0.05) is 30.3 Å². The molecule has 1 aromatic heterocycles. The van der Waals surface area contributed by atoms with E-state index < -0.39 is 5.60 Å². The van der Waals surface area contributed by atoms with Crippen LogP contribution in [0.15, 0.2) is 47.2 Å². The van der Waals surface area contributed by atoms with Crippen LogP contribution in [0.1, 0.15) is 30.9 Å². The van der Waals surface area contributed by atoms with E-state index in [0.717, 1.165) is 18.4 Å². The Balaban J connectivity index is 1.70. The van der Waals surface area contributed by atoms with Gasteiger partial charge in [0.05, 0.1) is 6.54 Å². The zero-order valence-corrected chi connectivity index (χ0v) is 13.0. The largest absolute Gasteiger partial charge is 0.384 e. The van der Waals surface area contributed by atoms with Crippen LogP contribution in [0.3, 0.4) is 0 Å². The molecule has 3 nitrogen and oxygen atoms in total. The Kier molecular flexibility index (Phi) is 5.53. The number of hydrogen-bond donors (Lipinski definition) is 2. The smallest absolute Gasteiger partial charge is 0.220 e. The summed E-state index contributed by atoms with van der Waals surface area (Å²) < 4.78 is 0. The normalized spacial score (nSPS) is 13.6. The summed E-state index contributed by atoms with van der Waals surface area (Å²) in [6, 6.07) is 12.0. The number of carbonyl (C=O) groups is 1. The Labute approximate surface area is 129 Å². The molecule has 2 N–H and O–H groups in total. The third kappa shape index (κ3) is 4.99. The lowest BCUT2D eigenvalue weighted by atomic mass is 9.99. The molecule has 0 aliphatic rings. The first kappa shape index (κ1) is 15.7. The van der Waals surface area contributed by atoms with E-state index in [-0.39, 0.29) is 12.5 Å². The summed E-state index contributed by atoms with van der Waals surface area (Å²) in [6.07, 6.45) is 2.19. The summed E-state index contributed by atoms with van der Waals surface area (Å²) >= 11 is 1.54. The summed E-state index contributed by atoms with van der Waals surface area (Å²) in [6.45, 7) is 1.97. The third-order valence-corrected chi connectivity index (χ3v) is 4.17. The fourth-order valence-corrected chi connectivity index (χ4v) is 2.91. The van der Waals surface area contributed by atoms with Gasteiger partial charge in [-0.2, -0.15) is 11.3 Å². The monoisotopic (exact) mass is 303 g/mol. The van der Waals surface area contributed by atoms with Gasteiger partial charge in [0.1, 0.15) is 5.60 Å². The zero-order valence-electron chi connectivity index (χ0n) is 12.2. The molecule has 0 saturated carbocycles. The second-order valence-electron chi connectivity index (χ2n) is 5.40. The number of carbonyl (C=O) groups excluding carboxylic acids is 1. The molecule has 1 amide bonds. The van der Waals surface area contributed by atoms with E-state index in [9.17, 15) is 9.90 Å².